The molecular formula is C13H10FNO3S. The number of thiazole rings is 1. The standard InChI is InChI=1S/C13H10FNO3S/c1-6-3-4-9(14)8(5-6)12-15-10(13(17)18)11(19-12)7(2)16/h3-5H,1-2H3,(H,17,18). The van der Waals surface area contributed by atoms with Crippen molar-refractivity contribution in [2.45, 2.75) is 13.8 Å². The number of carboxylic acids is 1. The monoisotopic (exact) mass is 279 g/mol. The Kier molecular flexibility index (Phi) is 3.44. The first-order valence-electron chi connectivity index (χ1n) is 5.41. The Balaban J connectivity index is 2.64. The predicted molar refractivity (Wildman–Crippen MR) is 69.2 cm³/mol. The van der Waals surface area contributed by atoms with Gasteiger partial charge in [-0.3, -0.25) is 4.79 Å². The molecule has 1 aromatic heterocycles. The number of ketones is 1. The first-order chi connectivity index (χ1) is 8.90. The number of hydrogen-bond acceptors (Lipinski definition) is 4. The van der Waals surface area contributed by atoms with Gasteiger partial charge in [-0.05, 0) is 19.1 Å². The van der Waals surface area contributed by atoms with Gasteiger partial charge >= 0.3 is 5.97 Å². The fourth-order valence-electron chi connectivity index (χ4n) is 1.62. The summed E-state index contributed by atoms with van der Waals surface area (Å²) in [6.45, 7) is 3.05. The SMILES string of the molecule is CC(=O)c1sc(-c2cc(C)ccc2F)nc1C(=O)O. The zero-order chi connectivity index (χ0) is 14.2. The molecule has 0 fully saturated rings. The molecule has 0 spiro atoms. The molecule has 0 aliphatic carbocycles. The number of benzene rings is 1. The number of rotatable bonds is 3. The normalized spacial score (nSPS) is 10.5. The van der Waals surface area contributed by atoms with Crippen molar-refractivity contribution in [3.8, 4) is 10.6 Å². The third-order valence-corrected chi connectivity index (χ3v) is 3.69. The van der Waals surface area contributed by atoms with Gasteiger partial charge in [0.15, 0.2) is 11.5 Å². The zero-order valence-electron chi connectivity index (χ0n) is 10.2. The van der Waals surface area contributed by atoms with E-state index in [9.17, 15) is 14.0 Å². The molecule has 4 nitrogen and oxygen atoms in total. The second kappa shape index (κ2) is 4.89. The molecule has 2 aromatic rings. The maximum atomic E-state index is 13.7. The molecule has 0 amide bonds. The minimum atomic E-state index is -1.29. The van der Waals surface area contributed by atoms with Gasteiger partial charge in [-0.2, -0.15) is 0 Å². The maximum Gasteiger partial charge on any atom is 0.356 e. The van der Waals surface area contributed by atoms with E-state index in [1.165, 1.54) is 13.0 Å². The molecule has 0 aliphatic rings. The van der Waals surface area contributed by atoms with Crippen LogP contribution in [0.15, 0.2) is 18.2 Å². The van der Waals surface area contributed by atoms with Crippen LogP contribution in [0.5, 0.6) is 0 Å². The lowest BCUT2D eigenvalue weighted by molar-refractivity contribution is 0.0687. The summed E-state index contributed by atoms with van der Waals surface area (Å²) in [4.78, 5) is 26.3. The van der Waals surface area contributed by atoms with Gasteiger partial charge in [0.2, 0.25) is 0 Å². The molecule has 1 aromatic carbocycles. The number of hydrogen-bond donors (Lipinski definition) is 1. The lowest BCUT2D eigenvalue weighted by Crippen LogP contribution is -2.03. The first kappa shape index (κ1) is 13.4. The number of carbonyl (C=O) groups excluding carboxylic acids is 1. The number of carbonyl (C=O) groups is 2. The van der Waals surface area contributed by atoms with E-state index in [-0.39, 0.29) is 21.1 Å². The van der Waals surface area contributed by atoms with Crippen LogP contribution in [0.4, 0.5) is 4.39 Å². The fourth-order valence-corrected chi connectivity index (χ4v) is 2.59. The lowest BCUT2D eigenvalue weighted by atomic mass is 10.1. The Labute approximate surface area is 112 Å². The Morgan fingerprint density at radius 3 is 2.58 bits per heavy atom. The van der Waals surface area contributed by atoms with Crippen LogP contribution in [0.25, 0.3) is 10.6 Å². The van der Waals surface area contributed by atoms with Crippen LogP contribution in [0.3, 0.4) is 0 Å². The lowest BCUT2D eigenvalue weighted by Gasteiger charge is -2.00. The van der Waals surface area contributed by atoms with Crippen molar-refractivity contribution in [3.05, 3.63) is 40.2 Å². The van der Waals surface area contributed by atoms with Crippen LogP contribution in [0, 0.1) is 12.7 Å². The second-order valence-corrected chi connectivity index (χ2v) is 5.04. The third kappa shape index (κ3) is 2.53. The van der Waals surface area contributed by atoms with E-state index >= 15 is 0 Å². The summed E-state index contributed by atoms with van der Waals surface area (Å²) in [6.07, 6.45) is 0. The summed E-state index contributed by atoms with van der Waals surface area (Å²) in [6, 6.07) is 4.47. The van der Waals surface area contributed by atoms with E-state index < -0.39 is 17.6 Å². The van der Waals surface area contributed by atoms with E-state index in [1.807, 2.05) is 0 Å². The van der Waals surface area contributed by atoms with Crippen molar-refractivity contribution in [2.75, 3.05) is 0 Å². The molecule has 0 saturated carbocycles. The van der Waals surface area contributed by atoms with Gasteiger partial charge in [0.1, 0.15) is 15.7 Å². The van der Waals surface area contributed by atoms with Crippen LogP contribution in [-0.2, 0) is 0 Å². The van der Waals surface area contributed by atoms with E-state index in [2.05, 4.69) is 4.98 Å². The number of carboxylic acid groups (broad SMARTS) is 1. The minimum absolute atomic E-state index is 0.0309. The van der Waals surface area contributed by atoms with E-state index in [1.54, 1.807) is 19.1 Å². The molecule has 0 bridgehead atoms. The first-order valence-corrected chi connectivity index (χ1v) is 6.23. The van der Waals surface area contributed by atoms with E-state index in [0.29, 0.717) is 0 Å². The van der Waals surface area contributed by atoms with Crippen LogP contribution in [-0.4, -0.2) is 21.8 Å². The molecular weight excluding hydrogens is 269 g/mol. The second-order valence-electron chi connectivity index (χ2n) is 4.04. The highest BCUT2D eigenvalue weighted by Gasteiger charge is 2.22. The van der Waals surface area contributed by atoms with Gasteiger partial charge in [0.25, 0.3) is 0 Å². The summed E-state index contributed by atoms with van der Waals surface area (Å²) in [5, 5.41) is 9.19. The molecule has 1 N–H and O–H groups in total. The van der Waals surface area contributed by atoms with Gasteiger partial charge < -0.3 is 5.11 Å². The molecule has 19 heavy (non-hydrogen) atoms. The van der Waals surface area contributed by atoms with Crippen molar-refractivity contribution in [3.63, 3.8) is 0 Å². The zero-order valence-corrected chi connectivity index (χ0v) is 11.0. The van der Waals surface area contributed by atoms with Crippen molar-refractivity contribution in [1.29, 1.82) is 0 Å². The average Bonchev–Trinajstić information content (AvgIpc) is 2.77. The highest BCUT2D eigenvalue weighted by atomic mass is 32.1. The highest BCUT2D eigenvalue weighted by molar-refractivity contribution is 7.17. The Morgan fingerprint density at radius 1 is 1.37 bits per heavy atom. The quantitative estimate of drug-likeness (QED) is 0.876. The third-order valence-electron chi connectivity index (χ3n) is 2.50. The van der Waals surface area contributed by atoms with Crippen LogP contribution >= 0.6 is 11.3 Å². The molecule has 0 aliphatic heterocycles. The number of aromatic nitrogens is 1. The van der Waals surface area contributed by atoms with Crippen molar-refractivity contribution in [1.82, 2.24) is 4.98 Å². The summed E-state index contributed by atoms with van der Waals surface area (Å²) < 4.78 is 13.7. The molecule has 0 atom stereocenters. The topological polar surface area (TPSA) is 67.3 Å². The van der Waals surface area contributed by atoms with Crippen LogP contribution in [0.2, 0.25) is 0 Å². The Bertz CT molecular complexity index is 647. The molecule has 2 rings (SSSR count). The molecule has 6 heteroatoms. The smallest absolute Gasteiger partial charge is 0.356 e. The average molecular weight is 279 g/mol. The van der Waals surface area contributed by atoms with E-state index in [0.717, 1.165) is 16.9 Å². The number of nitrogens with zero attached hydrogens (tertiary/aromatic N) is 1. The van der Waals surface area contributed by atoms with Crippen LogP contribution in [0.1, 0.15) is 32.6 Å². The minimum Gasteiger partial charge on any atom is -0.476 e. The fraction of sp³-hybridized carbons (Fsp3) is 0.154. The van der Waals surface area contributed by atoms with Crippen molar-refractivity contribution >= 4 is 23.1 Å². The number of Topliss-reactive ketones (excluding diaryl/α,β-unsaturated/α-hetero) is 1. The van der Waals surface area contributed by atoms with Crippen molar-refractivity contribution < 1.29 is 19.1 Å². The maximum absolute atomic E-state index is 13.7. The molecule has 98 valence electrons. The summed E-state index contributed by atoms with van der Waals surface area (Å²) in [5.41, 5.74) is 0.709. The van der Waals surface area contributed by atoms with Gasteiger partial charge in [0.05, 0.1) is 0 Å². The molecule has 0 saturated heterocycles. The Hall–Kier alpha value is -2.08. The molecule has 0 radical (unpaired) electrons. The van der Waals surface area contributed by atoms with Gasteiger partial charge in [-0.25, -0.2) is 14.2 Å². The van der Waals surface area contributed by atoms with Crippen molar-refractivity contribution in [2.24, 2.45) is 0 Å². The van der Waals surface area contributed by atoms with Gasteiger partial charge in [-0.15, -0.1) is 11.3 Å². The molecule has 1 heterocycles. The predicted octanol–water partition coefficient (Wildman–Crippen LogP) is 3.16. The van der Waals surface area contributed by atoms with Gasteiger partial charge in [0, 0.05) is 12.5 Å². The largest absolute Gasteiger partial charge is 0.476 e. The van der Waals surface area contributed by atoms with E-state index in [4.69, 9.17) is 5.11 Å². The number of aromatic carboxylic acids is 1. The van der Waals surface area contributed by atoms with Gasteiger partial charge in [-0.1, -0.05) is 11.6 Å². The number of halogens is 1. The number of aryl methyl sites for hydroxylation is 1. The van der Waals surface area contributed by atoms with Crippen LogP contribution < -0.4 is 0 Å². The molecule has 0 unspecified atom stereocenters. The summed E-state index contributed by atoms with van der Waals surface area (Å²) in [5.74, 6) is -2.18. The Morgan fingerprint density at radius 2 is 2.05 bits per heavy atom. The highest BCUT2D eigenvalue weighted by Crippen LogP contribution is 2.31. The summed E-state index contributed by atoms with van der Waals surface area (Å²) >= 11 is 0.890. The summed E-state index contributed by atoms with van der Waals surface area (Å²) in [7, 11) is 0.